The largest absolute Gasteiger partial charge is 0.508 e. The number of benzene rings is 1. The van der Waals surface area contributed by atoms with Crippen LogP contribution >= 0.6 is 0 Å². The lowest BCUT2D eigenvalue weighted by atomic mass is 10.0. The van der Waals surface area contributed by atoms with Gasteiger partial charge >= 0.3 is 0 Å². The first-order valence-electron chi connectivity index (χ1n) is 5.01. The number of aromatic hydroxyl groups is 1. The van der Waals surface area contributed by atoms with Crippen LogP contribution in [0.5, 0.6) is 5.75 Å². The molecule has 76 valence electrons. The summed E-state index contributed by atoms with van der Waals surface area (Å²) in [6.07, 6.45) is 3.55. The van der Waals surface area contributed by atoms with E-state index >= 15 is 0 Å². The lowest BCUT2D eigenvalue weighted by molar-refractivity contribution is 0.473. The SMILES string of the molecule is Nc1ccc(O)cc1C(N)CC1CC1. The van der Waals surface area contributed by atoms with Crippen LogP contribution in [0.25, 0.3) is 0 Å². The molecule has 0 radical (unpaired) electrons. The molecule has 1 saturated carbocycles. The Bertz CT molecular complexity index is 334. The Kier molecular flexibility index (Phi) is 2.33. The lowest BCUT2D eigenvalue weighted by Crippen LogP contribution is -2.13. The monoisotopic (exact) mass is 192 g/mol. The van der Waals surface area contributed by atoms with Crippen LogP contribution in [-0.4, -0.2) is 5.11 Å². The highest BCUT2D eigenvalue weighted by Crippen LogP contribution is 2.38. The number of rotatable bonds is 3. The van der Waals surface area contributed by atoms with E-state index in [1.807, 2.05) is 0 Å². The van der Waals surface area contributed by atoms with E-state index in [1.54, 1.807) is 18.2 Å². The summed E-state index contributed by atoms with van der Waals surface area (Å²) in [6.45, 7) is 0. The van der Waals surface area contributed by atoms with Crippen molar-refractivity contribution < 1.29 is 5.11 Å². The number of phenols is 1. The third-order valence-electron chi connectivity index (χ3n) is 2.75. The number of nitrogens with two attached hydrogens (primary N) is 2. The molecule has 1 atom stereocenters. The Morgan fingerprint density at radius 2 is 2.14 bits per heavy atom. The maximum Gasteiger partial charge on any atom is 0.116 e. The molecule has 2 rings (SSSR count). The van der Waals surface area contributed by atoms with Gasteiger partial charge < -0.3 is 16.6 Å². The van der Waals surface area contributed by atoms with E-state index in [0.29, 0.717) is 5.69 Å². The standard InChI is InChI=1S/C11H16N2O/c12-10-4-3-8(14)6-9(10)11(13)5-7-1-2-7/h3-4,6-7,11,14H,1-2,5,12-13H2. The van der Waals surface area contributed by atoms with Crippen molar-refractivity contribution in [2.24, 2.45) is 11.7 Å². The van der Waals surface area contributed by atoms with Crippen LogP contribution in [0.15, 0.2) is 18.2 Å². The van der Waals surface area contributed by atoms with Gasteiger partial charge in [0, 0.05) is 11.7 Å². The van der Waals surface area contributed by atoms with Crippen LogP contribution in [0.1, 0.15) is 30.9 Å². The minimum atomic E-state index is -0.0328. The second kappa shape index (κ2) is 3.50. The Morgan fingerprint density at radius 3 is 2.79 bits per heavy atom. The summed E-state index contributed by atoms with van der Waals surface area (Å²) in [5.41, 5.74) is 13.4. The number of hydrogen-bond acceptors (Lipinski definition) is 3. The highest BCUT2D eigenvalue weighted by atomic mass is 16.3. The van der Waals surface area contributed by atoms with E-state index in [0.717, 1.165) is 17.9 Å². The number of nitrogen functional groups attached to an aromatic ring is 1. The fourth-order valence-corrected chi connectivity index (χ4v) is 1.72. The maximum absolute atomic E-state index is 9.33. The molecule has 0 saturated heterocycles. The third kappa shape index (κ3) is 1.99. The summed E-state index contributed by atoms with van der Waals surface area (Å²) in [5.74, 6) is 1.01. The summed E-state index contributed by atoms with van der Waals surface area (Å²) in [4.78, 5) is 0. The third-order valence-corrected chi connectivity index (χ3v) is 2.75. The summed E-state index contributed by atoms with van der Waals surface area (Å²) in [5, 5.41) is 9.33. The predicted octanol–water partition coefficient (Wildman–Crippen LogP) is 1.77. The highest BCUT2D eigenvalue weighted by molar-refractivity contribution is 5.51. The molecule has 1 aromatic carbocycles. The van der Waals surface area contributed by atoms with Crippen molar-refractivity contribution >= 4 is 5.69 Å². The Labute approximate surface area is 83.7 Å². The highest BCUT2D eigenvalue weighted by Gasteiger charge is 2.25. The molecule has 1 aliphatic carbocycles. The van der Waals surface area contributed by atoms with Gasteiger partial charge in [0.1, 0.15) is 5.75 Å². The van der Waals surface area contributed by atoms with Gasteiger partial charge in [-0.05, 0) is 36.1 Å². The van der Waals surface area contributed by atoms with E-state index in [4.69, 9.17) is 11.5 Å². The molecule has 14 heavy (non-hydrogen) atoms. The maximum atomic E-state index is 9.33. The molecule has 1 unspecified atom stereocenters. The molecule has 1 aromatic rings. The van der Waals surface area contributed by atoms with Crippen molar-refractivity contribution in [2.75, 3.05) is 5.73 Å². The predicted molar refractivity (Wildman–Crippen MR) is 56.8 cm³/mol. The summed E-state index contributed by atoms with van der Waals surface area (Å²) < 4.78 is 0. The van der Waals surface area contributed by atoms with Gasteiger partial charge in [0.2, 0.25) is 0 Å². The van der Waals surface area contributed by atoms with Gasteiger partial charge in [0.05, 0.1) is 0 Å². The van der Waals surface area contributed by atoms with Crippen LogP contribution in [0.4, 0.5) is 5.69 Å². The quantitative estimate of drug-likeness (QED) is 0.505. The van der Waals surface area contributed by atoms with Gasteiger partial charge in [-0.1, -0.05) is 12.8 Å². The molecule has 0 amide bonds. The Morgan fingerprint density at radius 1 is 1.43 bits per heavy atom. The molecule has 1 fully saturated rings. The van der Waals surface area contributed by atoms with Crippen LogP contribution in [-0.2, 0) is 0 Å². The van der Waals surface area contributed by atoms with Crippen molar-refractivity contribution in [3.63, 3.8) is 0 Å². The fraction of sp³-hybridized carbons (Fsp3) is 0.455. The fourth-order valence-electron chi connectivity index (χ4n) is 1.72. The van der Waals surface area contributed by atoms with Crippen LogP contribution < -0.4 is 11.5 Å². The first-order chi connectivity index (χ1) is 6.66. The van der Waals surface area contributed by atoms with Crippen molar-refractivity contribution in [1.82, 2.24) is 0 Å². The Hall–Kier alpha value is -1.22. The topological polar surface area (TPSA) is 72.3 Å². The van der Waals surface area contributed by atoms with Gasteiger partial charge in [0.15, 0.2) is 0 Å². The number of hydrogen-bond donors (Lipinski definition) is 3. The summed E-state index contributed by atoms with van der Waals surface area (Å²) >= 11 is 0. The van der Waals surface area contributed by atoms with Crippen LogP contribution in [0.3, 0.4) is 0 Å². The zero-order chi connectivity index (χ0) is 10.1. The van der Waals surface area contributed by atoms with Gasteiger partial charge in [0.25, 0.3) is 0 Å². The minimum absolute atomic E-state index is 0.0328. The molecule has 5 N–H and O–H groups in total. The first kappa shape index (κ1) is 9.34. The van der Waals surface area contributed by atoms with Crippen molar-refractivity contribution in [1.29, 1.82) is 0 Å². The Balaban J connectivity index is 2.15. The molecule has 1 aliphatic rings. The molecular formula is C11H16N2O. The van der Waals surface area contributed by atoms with Crippen molar-refractivity contribution in [3.8, 4) is 5.75 Å². The molecule has 0 heterocycles. The number of phenolic OH excluding ortho intramolecular Hbond substituents is 1. The second-order valence-corrected chi connectivity index (χ2v) is 4.10. The molecule has 0 aromatic heterocycles. The van der Waals surface area contributed by atoms with E-state index in [-0.39, 0.29) is 11.8 Å². The minimum Gasteiger partial charge on any atom is -0.508 e. The average molecular weight is 192 g/mol. The smallest absolute Gasteiger partial charge is 0.116 e. The molecule has 3 heteroatoms. The van der Waals surface area contributed by atoms with Crippen LogP contribution in [0, 0.1) is 5.92 Å². The van der Waals surface area contributed by atoms with Crippen molar-refractivity contribution in [2.45, 2.75) is 25.3 Å². The zero-order valence-electron chi connectivity index (χ0n) is 8.11. The molecular weight excluding hydrogens is 176 g/mol. The first-order valence-corrected chi connectivity index (χ1v) is 5.01. The van der Waals surface area contributed by atoms with E-state index < -0.39 is 0 Å². The van der Waals surface area contributed by atoms with Gasteiger partial charge in [-0.2, -0.15) is 0 Å². The van der Waals surface area contributed by atoms with Gasteiger partial charge in [-0.3, -0.25) is 0 Å². The van der Waals surface area contributed by atoms with E-state index in [1.165, 1.54) is 12.8 Å². The molecule has 0 spiro atoms. The molecule has 3 nitrogen and oxygen atoms in total. The average Bonchev–Trinajstić information content (AvgIpc) is 2.93. The summed E-state index contributed by atoms with van der Waals surface area (Å²) in [7, 11) is 0. The zero-order valence-corrected chi connectivity index (χ0v) is 8.11. The second-order valence-electron chi connectivity index (χ2n) is 4.10. The van der Waals surface area contributed by atoms with Gasteiger partial charge in [-0.15, -0.1) is 0 Å². The summed E-state index contributed by atoms with van der Waals surface area (Å²) in [6, 6.07) is 4.93. The van der Waals surface area contributed by atoms with E-state index in [2.05, 4.69) is 0 Å². The van der Waals surface area contributed by atoms with Crippen LogP contribution in [0.2, 0.25) is 0 Å². The van der Waals surface area contributed by atoms with Gasteiger partial charge in [-0.25, -0.2) is 0 Å². The lowest BCUT2D eigenvalue weighted by Gasteiger charge is -2.14. The van der Waals surface area contributed by atoms with E-state index in [9.17, 15) is 5.11 Å². The molecule has 0 bridgehead atoms. The normalized spacial score (nSPS) is 18.1. The molecule has 0 aliphatic heterocycles. The number of anilines is 1. The van der Waals surface area contributed by atoms with Crippen molar-refractivity contribution in [3.05, 3.63) is 23.8 Å².